The van der Waals surface area contributed by atoms with E-state index in [1.165, 1.54) is 0 Å². The van der Waals surface area contributed by atoms with Gasteiger partial charge in [-0.15, -0.1) is 0 Å². The van der Waals surface area contributed by atoms with Crippen LogP contribution in [0.15, 0.2) is 18.2 Å². The first-order valence-corrected chi connectivity index (χ1v) is 5.84. The first-order valence-electron chi connectivity index (χ1n) is 5.84. The molecule has 0 aromatic heterocycles. The highest BCUT2D eigenvalue weighted by atomic mass is 16.5. The molecule has 0 aliphatic rings. The fourth-order valence-corrected chi connectivity index (χ4v) is 1.45. The summed E-state index contributed by atoms with van der Waals surface area (Å²) in [7, 11) is 4.93. The second-order valence-corrected chi connectivity index (χ2v) is 3.60. The lowest BCUT2D eigenvalue weighted by atomic mass is 10.2. The molecule has 1 aromatic rings. The van der Waals surface area contributed by atoms with Gasteiger partial charge in [0.1, 0.15) is 11.5 Å². The van der Waals surface area contributed by atoms with Crippen LogP contribution in [-0.2, 0) is 9.47 Å². The third-order valence-corrected chi connectivity index (χ3v) is 2.40. The molecule has 0 heterocycles. The quantitative estimate of drug-likeness (QED) is 0.682. The van der Waals surface area contributed by atoms with Crippen molar-refractivity contribution in [3.63, 3.8) is 0 Å². The third kappa shape index (κ3) is 4.81. The van der Waals surface area contributed by atoms with E-state index in [1.807, 2.05) is 18.2 Å². The van der Waals surface area contributed by atoms with Gasteiger partial charge in [0.2, 0.25) is 0 Å². The SMILES string of the molecule is COCCOCCNc1cc(OC)ccc1OC. The summed E-state index contributed by atoms with van der Waals surface area (Å²) in [6.07, 6.45) is 0. The van der Waals surface area contributed by atoms with Gasteiger partial charge in [0.15, 0.2) is 0 Å². The molecule has 0 aliphatic heterocycles. The number of rotatable bonds is 9. The lowest BCUT2D eigenvalue weighted by Gasteiger charge is -2.12. The molecule has 0 unspecified atom stereocenters. The Kier molecular flexibility index (Phi) is 6.98. The number of hydrogen-bond donors (Lipinski definition) is 1. The van der Waals surface area contributed by atoms with Crippen molar-refractivity contribution in [1.29, 1.82) is 0 Å². The third-order valence-electron chi connectivity index (χ3n) is 2.40. The first kappa shape index (κ1) is 14.6. The maximum atomic E-state index is 5.37. The fourth-order valence-electron chi connectivity index (χ4n) is 1.45. The lowest BCUT2D eigenvalue weighted by Crippen LogP contribution is -2.12. The van der Waals surface area contributed by atoms with Crippen molar-refractivity contribution < 1.29 is 18.9 Å². The normalized spacial score (nSPS) is 10.2. The Balaban J connectivity index is 2.39. The summed E-state index contributed by atoms with van der Waals surface area (Å²) in [5.74, 6) is 1.58. The fraction of sp³-hybridized carbons (Fsp3) is 0.538. The Hall–Kier alpha value is -1.46. The van der Waals surface area contributed by atoms with E-state index in [-0.39, 0.29) is 0 Å². The largest absolute Gasteiger partial charge is 0.497 e. The second-order valence-electron chi connectivity index (χ2n) is 3.60. The smallest absolute Gasteiger partial charge is 0.142 e. The van der Waals surface area contributed by atoms with Crippen molar-refractivity contribution in [3.05, 3.63) is 18.2 Å². The van der Waals surface area contributed by atoms with Crippen LogP contribution in [0.5, 0.6) is 11.5 Å². The molecule has 102 valence electrons. The van der Waals surface area contributed by atoms with Gasteiger partial charge < -0.3 is 24.3 Å². The highest BCUT2D eigenvalue weighted by Gasteiger charge is 2.03. The van der Waals surface area contributed by atoms with Gasteiger partial charge in [0.25, 0.3) is 0 Å². The summed E-state index contributed by atoms with van der Waals surface area (Å²) < 4.78 is 20.7. The predicted octanol–water partition coefficient (Wildman–Crippen LogP) is 1.78. The second kappa shape index (κ2) is 8.60. The summed E-state index contributed by atoms with van der Waals surface area (Å²) in [5.41, 5.74) is 0.896. The summed E-state index contributed by atoms with van der Waals surface area (Å²) in [6, 6.07) is 5.63. The monoisotopic (exact) mass is 255 g/mol. The van der Waals surface area contributed by atoms with Gasteiger partial charge in [0.05, 0.1) is 39.7 Å². The van der Waals surface area contributed by atoms with Crippen LogP contribution in [0.1, 0.15) is 0 Å². The lowest BCUT2D eigenvalue weighted by molar-refractivity contribution is 0.0759. The van der Waals surface area contributed by atoms with Crippen LogP contribution in [0.4, 0.5) is 5.69 Å². The molecule has 5 heteroatoms. The summed E-state index contributed by atoms with van der Waals surface area (Å²) in [6.45, 7) is 2.53. The van der Waals surface area contributed by atoms with E-state index >= 15 is 0 Å². The Morgan fingerprint density at radius 2 is 1.83 bits per heavy atom. The average molecular weight is 255 g/mol. The van der Waals surface area contributed by atoms with Gasteiger partial charge in [-0.2, -0.15) is 0 Å². The molecule has 1 rings (SSSR count). The number of benzene rings is 1. The van der Waals surface area contributed by atoms with Gasteiger partial charge >= 0.3 is 0 Å². The van der Waals surface area contributed by atoms with E-state index in [4.69, 9.17) is 18.9 Å². The zero-order valence-electron chi connectivity index (χ0n) is 11.2. The molecule has 0 amide bonds. The van der Waals surface area contributed by atoms with Gasteiger partial charge in [-0.05, 0) is 12.1 Å². The zero-order chi connectivity index (χ0) is 13.2. The topological polar surface area (TPSA) is 49.0 Å². The van der Waals surface area contributed by atoms with Crippen LogP contribution in [0.25, 0.3) is 0 Å². The molecule has 0 aliphatic carbocycles. The molecule has 0 saturated carbocycles. The van der Waals surface area contributed by atoms with Crippen LogP contribution in [0.2, 0.25) is 0 Å². The van der Waals surface area contributed by atoms with Gasteiger partial charge in [-0.25, -0.2) is 0 Å². The minimum atomic E-state index is 0.605. The average Bonchev–Trinajstić information content (AvgIpc) is 2.42. The zero-order valence-corrected chi connectivity index (χ0v) is 11.2. The molecule has 0 fully saturated rings. The van der Waals surface area contributed by atoms with E-state index in [0.29, 0.717) is 26.4 Å². The van der Waals surface area contributed by atoms with E-state index in [9.17, 15) is 0 Å². The van der Waals surface area contributed by atoms with Crippen LogP contribution in [0.3, 0.4) is 0 Å². The molecule has 1 N–H and O–H groups in total. The molecule has 5 nitrogen and oxygen atoms in total. The van der Waals surface area contributed by atoms with Crippen LogP contribution >= 0.6 is 0 Å². The number of anilines is 1. The predicted molar refractivity (Wildman–Crippen MR) is 70.7 cm³/mol. The Morgan fingerprint density at radius 3 is 2.50 bits per heavy atom. The van der Waals surface area contributed by atoms with Gasteiger partial charge in [-0.1, -0.05) is 0 Å². The number of nitrogens with one attached hydrogen (secondary N) is 1. The molecule has 0 saturated heterocycles. The Bertz CT molecular complexity index is 344. The Labute approximate surface area is 108 Å². The van der Waals surface area contributed by atoms with Crippen molar-refractivity contribution in [2.45, 2.75) is 0 Å². The number of ether oxygens (including phenoxy) is 4. The number of hydrogen-bond acceptors (Lipinski definition) is 5. The molecule has 0 spiro atoms. The number of methoxy groups -OCH3 is 3. The molecular weight excluding hydrogens is 234 g/mol. The highest BCUT2D eigenvalue weighted by molar-refractivity contribution is 5.59. The summed E-state index contributed by atoms with van der Waals surface area (Å²) >= 11 is 0. The molecule has 0 radical (unpaired) electrons. The summed E-state index contributed by atoms with van der Waals surface area (Å²) in [5, 5.41) is 3.24. The first-order chi connectivity index (χ1) is 8.81. The van der Waals surface area contributed by atoms with Crippen molar-refractivity contribution in [2.75, 3.05) is 53.0 Å². The van der Waals surface area contributed by atoms with Crippen molar-refractivity contribution in [1.82, 2.24) is 0 Å². The van der Waals surface area contributed by atoms with Crippen molar-refractivity contribution in [3.8, 4) is 11.5 Å². The molecule has 18 heavy (non-hydrogen) atoms. The van der Waals surface area contributed by atoms with Crippen molar-refractivity contribution >= 4 is 5.69 Å². The van der Waals surface area contributed by atoms with Gasteiger partial charge in [0, 0.05) is 19.7 Å². The minimum absolute atomic E-state index is 0.605. The van der Waals surface area contributed by atoms with E-state index in [1.54, 1.807) is 21.3 Å². The molecular formula is C13H21NO4. The van der Waals surface area contributed by atoms with E-state index < -0.39 is 0 Å². The van der Waals surface area contributed by atoms with Crippen LogP contribution in [-0.4, -0.2) is 47.7 Å². The maximum absolute atomic E-state index is 5.37. The minimum Gasteiger partial charge on any atom is -0.497 e. The van der Waals surface area contributed by atoms with E-state index in [2.05, 4.69) is 5.32 Å². The van der Waals surface area contributed by atoms with Crippen molar-refractivity contribution in [2.24, 2.45) is 0 Å². The highest BCUT2D eigenvalue weighted by Crippen LogP contribution is 2.28. The molecule has 0 atom stereocenters. The Morgan fingerprint density at radius 1 is 1.00 bits per heavy atom. The van der Waals surface area contributed by atoms with E-state index in [0.717, 1.165) is 17.2 Å². The maximum Gasteiger partial charge on any atom is 0.142 e. The summed E-state index contributed by atoms with van der Waals surface area (Å²) in [4.78, 5) is 0. The molecule has 1 aromatic carbocycles. The van der Waals surface area contributed by atoms with Crippen LogP contribution in [0, 0.1) is 0 Å². The molecule has 0 bridgehead atoms. The standard InChI is InChI=1S/C13H21NO4/c1-15-8-9-18-7-6-14-12-10-11(16-2)4-5-13(12)17-3/h4-5,10,14H,6-9H2,1-3H3. The van der Waals surface area contributed by atoms with Crippen LogP contribution < -0.4 is 14.8 Å². The van der Waals surface area contributed by atoms with Gasteiger partial charge in [-0.3, -0.25) is 0 Å².